The van der Waals surface area contributed by atoms with E-state index >= 15 is 0 Å². The van der Waals surface area contributed by atoms with Crippen molar-refractivity contribution in [2.45, 2.75) is 43.4 Å². The van der Waals surface area contributed by atoms with E-state index in [0.29, 0.717) is 11.2 Å². The number of fused-ring (bicyclic) bond motifs is 1. The summed E-state index contributed by atoms with van der Waals surface area (Å²) in [6.45, 7) is 0. The molecule has 2 aromatic heterocycles. The summed E-state index contributed by atoms with van der Waals surface area (Å²) in [6.07, 6.45) is 0.904. The first kappa shape index (κ1) is 19.0. The van der Waals surface area contributed by atoms with E-state index < -0.39 is 36.5 Å². The molecule has 1 saturated heterocycles. The molecule has 1 aliphatic heterocycles. The van der Waals surface area contributed by atoms with Gasteiger partial charge in [0.15, 0.2) is 11.5 Å². The minimum atomic E-state index is -1.31. The standard InChI is InChI=1S/C15H21N7O5/c16-6(1-2-7(17)15(25)26)3-8-10(23)11(24)14(27-8)22-5-21-9-12(18)19-4-20-13(9)22/h3-7,10-11,14,23-24H,1-2,16-17H2,(H,25,26)(H2,18,19,20). The lowest BCUT2D eigenvalue weighted by Crippen LogP contribution is -2.32. The van der Waals surface area contributed by atoms with Crippen LogP contribution in [-0.4, -0.2) is 65.1 Å². The number of aliphatic carboxylic acids is 1. The van der Waals surface area contributed by atoms with Gasteiger partial charge in [0.1, 0.15) is 42.2 Å². The lowest BCUT2D eigenvalue weighted by molar-refractivity contribution is -0.138. The summed E-state index contributed by atoms with van der Waals surface area (Å²) in [6, 6.07) is -1.63. The predicted molar refractivity (Wildman–Crippen MR) is 92.8 cm³/mol. The minimum Gasteiger partial charge on any atom is -0.480 e. The van der Waals surface area contributed by atoms with E-state index in [9.17, 15) is 15.0 Å². The molecule has 0 aromatic carbocycles. The van der Waals surface area contributed by atoms with Crippen LogP contribution in [-0.2, 0) is 9.53 Å². The van der Waals surface area contributed by atoms with Crippen LogP contribution in [0.3, 0.4) is 0 Å². The number of anilines is 1. The van der Waals surface area contributed by atoms with Gasteiger partial charge in [0.25, 0.3) is 0 Å². The Balaban J connectivity index is 1.77. The number of nitrogen functional groups attached to an aromatic ring is 1. The van der Waals surface area contributed by atoms with Crippen molar-refractivity contribution < 1.29 is 24.9 Å². The van der Waals surface area contributed by atoms with Gasteiger partial charge >= 0.3 is 5.97 Å². The number of hydrogen-bond donors (Lipinski definition) is 6. The van der Waals surface area contributed by atoms with Crippen LogP contribution in [0, 0.1) is 0 Å². The fourth-order valence-corrected chi connectivity index (χ4v) is 2.81. The Morgan fingerprint density at radius 2 is 2.04 bits per heavy atom. The Bertz CT molecular complexity index is 869. The van der Waals surface area contributed by atoms with E-state index in [1.807, 2.05) is 0 Å². The van der Waals surface area contributed by atoms with Crippen molar-refractivity contribution in [2.75, 3.05) is 5.73 Å². The van der Waals surface area contributed by atoms with Crippen LogP contribution in [0.4, 0.5) is 5.82 Å². The third kappa shape index (κ3) is 3.68. The second-order valence-corrected chi connectivity index (χ2v) is 6.28. The SMILES string of the molecule is Nc1ncnc2c1ncn2C1OC(=CC(N)CCC(N)C(=O)O)C(O)C1O. The van der Waals surface area contributed by atoms with Crippen LogP contribution < -0.4 is 17.2 Å². The molecule has 1 fully saturated rings. The molecule has 0 bridgehead atoms. The Morgan fingerprint density at radius 3 is 2.74 bits per heavy atom. The van der Waals surface area contributed by atoms with Crippen molar-refractivity contribution >= 4 is 23.0 Å². The molecule has 12 heteroatoms. The fourth-order valence-electron chi connectivity index (χ4n) is 2.81. The number of ether oxygens (including phenoxy) is 1. The van der Waals surface area contributed by atoms with Gasteiger partial charge in [-0.05, 0) is 18.9 Å². The van der Waals surface area contributed by atoms with E-state index in [4.69, 9.17) is 27.0 Å². The number of imidazole rings is 1. The van der Waals surface area contributed by atoms with Crippen molar-refractivity contribution in [3.8, 4) is 0 Å². The average molecular weight is 379 g/mol. The molecular weight excluding hydrogens is 358 g/mol. The summed E-state index contributed by atoms with van der Waals surface area (Å²) in [7, 11) is 0. The molecule has 3 rings (SSSR count). The Hall–Kier alpha value is -2.80. The van der Waals surface area contributed by atoms with Gasteiger partial charge in [0.05, 0.1) is 0 Å². The zero-order chi connectivity index (χ0) is 19.7. The number of aromatic nitrogens is 4. The number of aliphatic hydroxyl groups is 2. The van der Waals surface area contributed by atoms with Crippen LogP contribution >= 0.6 is 0 Å². The van der Waals surface area contributed by atoms with Gasteiger partial charge in [-0.15, -0.1) is 0 Å². The van der Waals surface area contributed by atoms with Gasteiger partial charge in [-0.2, -0.15) is 0 Å². The van der Waals surface area contributed by atoms with Crippen molar-refractivity contribution in [3.63, 3.8) is 0 Å². The molecule has 0 aliphatic carbocycles. The molecule has 5 unspecified atom stereocenters. The van der Waals surface area contributed by atoms with Crippen LogP contribution in [0.5, 0.6) is 0 Å². The Kier molecular flexibility index (Phi) is 5.23. The number of hydrogen-bond acceptors (Lipinski definition) is 10. The lowest BCUT2D eigenvalue weighted by Gasteiger charge is -2.16. The highest BCUT2D eigenvalue weighted by Gasteiger charge is 2.41. The number of nitrogens with zero attached hydrogens (tertiary/aromatic N) is 4. The number of nitrogens with two attached hydrogens (primary N) is 3. The van der Waals surface area contributed by atoms with E-state index in [0.717, 1.165) is 0 Å². The van der Waals surface area contributed by atoms with Gasteiger partial charge in [-0.3, -0.25) is 9.36 Å². The number of carboxylic acid groups (broad SMARTS) is 1. The first-order valence-corrected chi connectivity index (χ1v) is 8.21. The van der Waals surface area contributed by atoms with Gasteiger partial charge in [-0.1, -0.05) is 0 Å². The number of carboxylic acids is 1. The van der Waals surface area contributed by atoms with Crippen molar-refractivity contribution in [1.29, 1.82) is 0 Å². The maximum atomic E-state index is 10.7. The second kappa shape index (κ2) is 7.44. The number of carbonyl (C=O) groups is 1. The molecule has 9 N–H and O–H groups in total. The summed E-state index contributed by atoms with van der Waals surface area (Å²) >= 11 is 0. The van der Waals surface area contributed by atoms with Crippen LogP contribution in [0.25, 0.3) is 11.2 Å². The Labute approximate surface area is 153 Å². The highest BCUT2D eigenvalue weighted by Crippen LogP contribution is 2.34. The number of aliphatic hydroxyl groups excluding tert-OH is 2. The molecule has 5 atom stereocenters. The third-order valence-electron chi connectivity index (χ3n) is 4.33. The predicted octanol–water partition coefficient (Wildman–Crippen LogP) is -1.94. The van der Waals surface area contributed by atoms with Gasteiger partial charge in [0.2, 0.25) is 6.23 Å². The Morgan fingerprint density at radius 1 is 1.30 bits per heavy atom. The largest absolute Gasteiger partial charge is 0.480 e. The summed E-state index contributed by atoms with van der Waals surface area (Å²) in [4.78, 5) is 22.8. The van der Waals surface area contributed by atoms with Crippen LogP contribution in [0.15, 0.2) is 24.5 Å². The van der Waals surface area contributed by atoms with E-state index in [2.05, 4.69) is 15.0 Å². The zero-order valence-electron chi connectivity index (χ0n) is 14.2. The van der Waals surface area contributed by atoms with Crippen LogP contribution in [0.1, 0.15) is 19.1 Å². The van der Waals surface area contributed by atoms with Crippen LogP contribution in [0.2, 0.25) is 0 Å². The molecular formula is C15H21N7O5. The molecule has 3 heterocycles. The van der Waals surface area contributed by atoms with Crippen molar-refractivity contribution in [3.05, 3.63) is 24.5 Å². The molecule has 146 valence electrons. The normalized spacial score (nSPS) is 26.2. The summed E-state index contributed by atoms with van der Waals surface area (Å²) in [5.74, 6) is -0.858. The minimum absolute atomic E-state index is 0.0766. The molecule has 0 radical (unpaired) electrons. The van der Waals surface area contributed by atoms with E-state index in [-0.39, 0.29) is 24.4 Å². The highest BCUT2D eigenvalue weighted by molar-refractivity contribution is 5.81. The first-order valence-electron chi connectivity index (χ1n) is 8.21. The quantitative estimate of drug-likeness (QED) is 0.325. The van der Waals surface area contributed by atoms with Gasteiger partial charge in [-0.25, -0.2) is 15.0 Å². The van der Waals surface area contributed by atoms with E-state index in [1.54, 1.807) is 0 Å². The second-order valence-electron chi connectivity index (χ2n) is 6.28. The molecule has 1 aliphatic rings. The van der Waals surface area contributed by atoms with Crippen molar-refractivity contribution in [1.82, 2.24) is 19.5 Å². The zero-order valence-corrected chi connectivity index (χ0v) is 14.2. The van der Waals surface area contributed by atoms with E-state index in [1.165, 1.54) is 23.3 Å². The van der Waals surface area contributed by atoms with Gasteiger partial charge < -0.3 is 37.3 Å². The molecule has 27 heavy (non-hydrogen) atoms. The topological polar surface area (TPSA) is 209 Å². The molecule has 0 amide bonds. The maximum Gasteiger partial charge on any atom is 0.320 e. The molecule has 2 aromatic rings. The molecule has 12 nitrogen and oxygen atoms in total. The highest BCUT2D eigenvalue weighted by atomic mass is 16.5. The summed E-state index contributed by atoms with van der Waals surface area (Å²) in [5, 5.41) is 29.4. The number of rotatable bonds is 6. The average Bonchev–Trinajstić information content (AvgIpc) is 3.17. The lowest BCUT2D eigenvalue weighted by atomic mass is 10.1. The first-order chi connectivity index (χ1) is 12.8. The van der Waals surface area contributed by atoms with Crippen molar-refractivity contribution in [2.24, 2.45) is 11.5 Å². The maximum absolute atomic E-state index is 10.7. The summed E-state index contributed by atoms with van der Waals surface area (Å²) < 4.78 is 7.10. The smallest absolute Gasteiger partial charge is 0.320 e. The molecule has 0 spiro atoms. The third-order valence-corrected chi connectivity index (χ3v) is 4.33. The summed E-state index contributed by atoms with van der Waals surface area (Å²) in [5.41, 5.74) is 17.8. The monoisotopic (exact) mass is 379 g/mol. The molecule has 0 saturated carbocycles. The fraction of sp³-hybridized carbons (Fsp3) is 0.467. The van der Waals surface area contributed by atoms with Gasteiger partial charge in [0, 0.05) is 6.04 Å².